The second-order valence-electron chi connectivity index (χ2n) is 9.11. The van der Waals surface area contributed by atoms with Crippen LogP contribution < -0.4 is 9.64 Å². The van der Waals surface area contributed by atoms with Crippen molar-refractivity contribution in [2.45, 2.75) is 65.7 Å². The average Bonchev–Trinajstić information content (AvgIpc) is 2.77. The Balaban J connectivity index is 2.06. The summed E-state index contributed by atoms with van der Waals surface area (Å²) in [4.78, 5) is 2.48. The molecule has 0 bridgehead atoms. The lowest BCUT2D eigenvalue weighted by molar-refractivity contribution is 0.0503. The molecule has 0 saturated heterocycles. The lowest BCUT2D eigenvalue weighted by atomic mass is 9.88. The molecule has 1 aliphatic rings. The van der Waals surface area contributed by atoms with Crippen molar-refractivity contribution in [1.29, 1.82) is 5.26 Å². The van der Waals surface area contributed by atoms with Crippen LogP contribution in [0.1, 0.15) is 74.1 Å². The van der Waals surface area contributed by atoms with Gasteiger partial charge in [-0.1, -0.05) is 33.1 Å². The van der Waals surface area contributed by atoms with Gasteiger partial charge < -0.3 is 14.4 Å². The van der Waals surface area contributed by atoms with Gasteiger partial charge in [0.2, 0.25) is 0 Å². The molecule has 3 rings (SSSR count). The third-order valence-corrected chi connectivity index (χ3v) is 6.31. The fraction of sp³-hybridized carbons (Fsp3) is 0.519. The number of benzene rings is 2. The maximum atomic E-state index is 9.41. The second kappa shape index (κ2) is 10.7. The van der Waals surface area contributed by atoms with E-state index in [2.05, 4.69) is 56.9 Å². The largest absolute Gasteiger partial charge is 0.467 e. The van der Waals surface area contributed by atoms with Crippen molar-refractivity contribution in [2.75, 3.05) is 25.3 Å². The molecule has 31 heavy (non-hydrogen) atoms. The fourth-order valence-electron chi connectivity index (χ4n) is 4.81. The molecule has 2 aromatic carbocycles. The summed E-state index contributed by atoms with van der Waals surface area (Å²) in [7, 11) is 1.64. The Morgan fingerprint density at radius 3 is 2.32 bits per heavy atom. The Kier molecular flexibility index (Phi) is 7.98. The van der Waals surface area contributed by atoms with Crippen LogP contribution in [0.5, 0.6) is 5.75 Å². The Hall–Kier alpha value is -2.51. The molecule has 0 heterocycles. The minimum absolute atomic E-state index is 0.249. The third kappa shape index (κ3) is 5.60. The van der Waals surface area contributed by atoms with Gasteiger partial charge in [0.15, 0.2) is 6.79 Å². The molecule has 0 radical (unpaired) electrons. The highest BCUT2D eigenvalue weighted by molar-refractivity contribution is 5.72. The predicted octanol–water partition coefficient (Wildman–Crippen LogP) is 7.00. The van der Waals surface area contributed by atoms with Gasteiger partial charge in [0.05, 0.1) is 11.6 Å². The van der Waals surface area contributed by atoms with Crippen LogP contribution in [0, 0.1) is 31.1 Å². The maximum absolute atomic E-state index is 9.41. The van der Waals surface area contributed by atoms with Gasteiger partial charge in [-0.3, -0.25) is 0 Å². The highest BCUT2D eigenvalue weighted by Crippen LogP contribution is 2.39. The van der Waals surface area contributed by atoms with Crippen LogP contribution in [-0.4, -0.2) is 20.4 Å². The van der Waals surface area contributed by atoms with Crippen LogP contribution >= 0.6 is 0 Å². The number of nitriles is 1. The van der Waals surface area contributed by atoms with Gasteiger partial charge in [-0.2, -0.15) is 5.26 Å². The zero-order valence-electron chi connectivity index (χ0n) is 19.7. The molecule has 166 valence electrons. The van der Waals surface area contributed by atoms with Gasteiger partial charge in [0, 0.05) is 25.0 Å². The maximum Gasteiger partial charge on any atom is 0.188 e. The summed E-state index contributed by atoms with van der Waals surface area (Å²) in [5.41, 5.74) is 6.63. The van der Waals surface area contributed by atoms with Crippen LogP contribution in [0.4, 0.5) is 11.4 Å². The molecule has 1 aliphatic carbocycles. The number of anilines is 2. The normalized spacial score (nSPS) is 14.5. The molecule has 1 fully saturated rings. The highest BCUT2D eigenvalue weighted by atomic mass is 16.7. The minimum atomic E-state index is 0.249. The molecule has 0 atom stereocenters. The first-order valence-corrected chi connectivity index (χ1v) is 11.5. The molecule has 4 nitrogen and oxygen atoms in total. The van der Waals surface area contributed by atoms with Crippen molar-refractivity contribution < 1.29 is 9.47 Å². The summed E-state index contributed by atoms with van der Waals surface area (Å²) >= 11 is 0. The van der Waals surface area contributed by atoms with Gasteiger partial charge in [0.25, 0.3) is 0 Å². The van der Waals surface area contributed by atoms with Crippen molar-refractivity contribution in [1.82, 2.24) is 0 Å². The number of hydrogen-bond donors (Lipinski definition) is 0. The summed E-state index contributed by atoms with van der Waals surface area (Å²) in [6, 6.07) is 12.8. The van der Waals surface area contributed by atoms with Gasteiger partial charge in [-0.05, 0) is 85.5 Å². The number of nitrogens with zero attached hydrogens (tertiary/aromatic N) is 2. The van der Waals surface area contributed by atoms with E-state index in [-0.39, 0.29) is 6.79 Å². The quantitative estimate of drug-likeness (QED) is 0.431. The van der Waals surface area contributed by atoms with Crippen LogP contribution in [0.15, 0.2) is 30.3 Å². The second-order valence-corrected chi connectivity index (χ2v) is 9.11. The van der Waals surface area contributed by atoms with E-state index in [9.17, 15) is 5.26 Å². The Labute approximate surface area is 187 Å². The Morgan fingerprint density at radius 2 is 1.74 bits per heavy atom. The number of rotatable bonds is 8. The molecule has 0 spiro atoms. The molecule has 4 heteroatoms. The predicted molar refractivity (Wildman–Crippen MR) is 127 cm³/mol. The van der Waals surface area contributed by atoms with Crippen molar-refractivity contribution in [3.8, 4) is 11.8 Å². The monoisotopic (exact) mass is 420 g/mol. The molecule has 0 N–H and O–H groups in total. The molecule has 1 saturated carbocycles. The lowest BCUT2D eigenvalue weighted by Gasteiger charge is -2.34. The average molecular weight is 421 g/mol. The van der Waals surface area contributed by atoms with Gasteiger partial charge in [-0.25, -0.2) is 0 Å². The lowest BCUT2D eigenvalue weighted by Crippen LogP contribution is -2.28. The number of hydrogen-bond acceptors (Lipinski definition) is 4. The van der Waals surface area contributed by atoms with E-state index >= 15 is 0 Å². The molecule has 0 unspecified atom stereocenters. The first-order valence-electron chi connectivity index (χ1n) is 11.5. The molecular formula is C27H36N2O2. The summed E-state index contributed by atoms with van der Waals surface area (Å²) < 4.78 is 11.0. The summed E-state index contributed by atoms with van der Waals surface area (Å²) in [6.45, 7) is 9.89. The van der Waals surface area contributed by atoms with Crippen LogP contribution in [0.3, 0.4) is 0 Å². The molecule has 0 amide bonds. The van der Waals surface area contributed by atoms with E-state index in [4.69, 9.17) is 9.47 Å². The minimum Gasteiger partial charge on any atom is -0.467 e. The number of ether oxygens (including phenoxy) is 2. The van der Waals surface area contributed by atoms with E-state index in [1.54, 1.807) is 7.11 Å². The number of methoxy groups -OCH3 is 1. The van der Waals surface area contributed by atoms with Crippen LogP contribution in [0.2, 0.25) is 0 Å². The van der Waals surface area contributed by atoms with E-state index in [0.717, 1.165) is 29.0 Å². The molecule has 2 aromatic rings. The van der Waals surface area contributed by atoms with E-state index in [0.29, 0.717) is 11.8 Å². The van der Waals surface area contributed by atoms with Crippen LogP contribution in [-0.2, 0) is 4.74 Å². The fourth-order valence-corrected chi connectivity index (χ4v) is 4.81. The van der Waals surface area contributed by atoms with Gasteiger partial charge in [0.1, 0.15) is 5.75 Å². The summed E-state index contributed by atoms with van der Waals surface area (Å²) in [5.74, 6) is 1.91. The van der Waals surface area contributed by atoms with Crippen molar-refractivity contribution in [3.63, 3.8) is 0 Å². The molecule has 0 aliphatic heterocycles. The zero-order valence-corrected chi connectivity index (χ0v) is 19.7. The van der Waals surface area contributed by atoms with E-state index in [1.165, 1.54) is 49.0 Å². The zero-order chi connectivity index (χ0) is 22.4. The smallest absolute Gasteiger partial charge is 0.188 e. The highest BCUT2D eigenvalue weighted by Gasteiger charge is 2.23. The van der Waals surface area contributed by atoms with E-state index in [1.807, 2.05) is 12.1 Å². The summed E-state index contributed by atoms with van der Waals surface area (Å²) in [5, 5.41) is 9.41. The molecule has 0 aromatic heterocycles. The topological polar surface area (TPSA) is 45.5 Å². The Morgan fingerprint density at radius 1 is 1.06 bits per heavy atom. The van der Waals surface area contributed by atoms with Crippen molar-refractivity contribution in [3.05, 3.63) is 52.6 Å². The third-order valence-electron chi connectivity index (χ3n) is 6.31. The van der Waals surface area contributed by atoms with Gasteiger partial charge >= 0.3 is 0 Å². The first kappa shape index (κ1) is 23.2. The Bertz CT molecular complexity index is 900. The van der Waals surface area contributed by atoms with E-state index < -0.39 is 0 Å². The SMILES string of the molecule is COCOc1ccc(N(CC2CCCCC2)c2c(C)cc(C#N)cc2C)cc1C(C)C. The standard InChI is InChI=1S/C27H36N2O2/c1-19(2)25-15-24(11-12-26(25)31-18-30-5)29(17-22-9-7-6-8-10-22)27-20(3)13-23(16-28)14-21(27)4/h11-15,19,22H,6-10,17-18H2,1-5H3. The van der Waals surface area contributed by atoms with Crippen molar-refractivity contribution >= 4 is 11.4 Å². The molecular weight excluding hydrogens is 384 g/mol. The summed E-state index contributed by atoms with van der Waals surface area (Å²) in [6.07, 6.45) is 6.58. The van der Waals surface area contributed by atoms with Gasteiger partial charge in [-0.15, -0.1) is 0 Å². The number of aryl methyl sites for hydroxylation is 2. The first-order chi connectivity index (χ1) is 14.9. The van der Waals surface area contributed by atoms with Crippen molar-refractivity contribution in [2.24, 2.45) is 5.92 Å². The van der Waals surface area contributed by atoms with Crippen LogP contribution in [0.25, 0.3) is 0 Å².